The van der Waals surface area contributed by atoms with E-state index in [0.29, 0.717) is 22.6 Å². The molecule has 0 atom stereocenters. The van der Waals surface area contributed by atoms with Gasteiger partial charge in [-0.2, -0.15) is 5.26 Å². The van der Waals surface area contributed by atoms with E-state index >= 15 is 0 Å². The van der Waals surface area contributed by atoms with Gasteiger partial charge in [0.25, 0.3) is 5.91 Å². The second-order valence-electron chi connectivity index (χ2n) is 5.18. The zero-order valence-corrected chi connectivity index (χ0v) is 13.0. The lowest BCUT2D eigenvalue weighted by Gasteiger charge is -2.08. The van der Waals surface area contributed by atoms with E-state index in [1.54, 1.807) is 48.5 Å². The quantitative estimate of drug-likeness (QED) is 0.754. The van der Waals surface area contributed by atoms with E-state index < -0.39 is 5.91 Å². The van der Waals surface area contributed by atoms with Crippen LogP contribution in [0.25, 0.3) is 0 Å². The third kappa shape index (κ3) is 3.98. The van der Waals surface area contributed by atoms with Crippen molar-refractivity contribution in [2.75, 3.05) is 10.6 Å². The van der Waals surface area contributed by atoms with Crippen molar-refractivity contribution in [3.05, 3.63) is 83.9 Å². The molecule has 0 bridgehead atoms. The monoisotopic (exact) mass is 332 g/mol. The fourth-order valence-corrected chi connectivity index (χ4v) is 2.18. The topological polar surface area (TPSA) is 77.8 Å². The number of aromatic nitrogens is 1. The predicted octanol–water partition coefficient (Wildman–Crippen LogP) is 4.09. The van der Waals surface area contributed by atoms with E-state index in [1.165, 1.54) is 18.3 Å². The van der Waals surface area contributed by atoms with Crippen LogP contribution in [-0.2, 0) is 0 Å². The summed E-state index contributed by atoms with van der Waals surface area (Å²) in [6.45, 7) is 0. The van der Waals surface area contributed by atoms with Crippen molar-refractivity contribution in [3.63, 3.8) is 0 Å². The Hall–Kier alpha value is -3.72. The Labute approximate surface area is 143 Å². The number of amides is 1. The van der Waals surface area contributed by atoms with Gasteiger partial charge < -0.3 is 10.6 Å². The number of nitrogens with zero attached hydrogens (tertiary/aromatic N) is 2. The first-order valence-corrected chi connectivity index (χ1v) is 7.45. The number of para-hydroxylation sites is 1. The molecule has 0 fully saturated rings. The molecule has 25 heavy (non-hydrogen) atoms. The van der Waals surface area contributed by atoms with E-state index in [4.69, 9.17) is 5.26 Å². The standard InChI is InChI=1S/C19H13FN4O/c20-16-6-1-2-7-17(16)23-15-8-9-18(22-12-15)19(25)24-14-5-3-4-13(10-14)11-21/h1-10,12,23H,(H,24,25). The summed E-state index contributed by atoms with van der Waals surface area (Å²) in [5.74, 6) is -0.769. The fourth-order valence-electron chi connectivity index (χ4n) is 2.18. The number of nitriles is 1. The Morgan fingerprint density at radius 1 is 1.04 bits per heavy atom. The molecule has 0 saturated heterocycles. The van der Waals surface area contributed by atoms with Gasteiger partial charge in [0, 0.05) is 5.69 Å². The molecule has 122 valence electrons. The van der Waals surface area contributed by atoms with Crippen LogP contribution in [0, 0.1) is 17.1 Å². The van der Waals surface area contributed by atoms with Crippen molar-refractivity contribution >= 4 is 23.0 Å². The number of nitrogens with one attached hydrogen (secondary N) is 2. The van der Waals surface area contributed by atoms with Gasteiger partial charge in [-0.15, -0.1) is 0 Å². The summed E-state index contributed by atoms with van der Waals surface area (Å²) >= 11 is 0. The Morgan fingerprint density at radius 3 is 2.60 bits per heavy atom. The van der Waals surface area contributed by atoms with Crippen LogP contribution in [0.4, 0.5) is 21.5 Å². The second kappa shape index (κ2) is 7.23. The molecule has 2 N–H and O–H groups in total. The highest BCUT2D eigenvalue weighted by molar-refractivity contribution is 6.03. The SMILES string of the molecule is N#Cc1cccc(NC(=O)c2ccc(Nc3ccccc3F)cn2)c1. The molecule has 3 rings (SSSR count). The molecule has 1 heterocycles. The minimum Gasteiger partial charge on any atom is -0.352 e. The highest BCUT2D eigenvalue weighted by Gasteiger charge is 2.09. The van der Waals surface area contributed by atoms with E-state index in [9.17, 15) is 9.18 Å². The Kier molecular flexibility index (Phi) is 4.67. The van der Waals surface area contributed by atoms with Gasteiger partial charge in [-0.1, -0.05) is 18.2 Å². The largest absolute Gasteiger partial charge is 0.352 e. The Balaban J connectivity index is 1.70. The van der Waals surface area contributed by atoms with Crippen LogP contribution >= 0.6 is 0 Å². The van der Waals surface area contributed by atoms with Gasteiger partial charge in [0.05, 0.1) is 29.2 Å². The smallest absolute Gasteiger partial charge is 0.274 e. The average molecular weight is 332 g/mol. The zero-order chi connectivity index (χ0) is 17.6. The number of halogens is 1. The number of hydrogen-bond donors (Lipinski definition) is 2. The summed E-state index contributed by atoms with van der Waals surface area (Å²) in [4.78, 5) is 16.3. The summed E-state index contributed by atoms with van der Waals surface area (Å²) in [5, 5.41) is 14.5. The van der Waals surface area contributed by atoms with E-state index in [0.717, 1.165) is 0 Å². The first-order chi connectivity index (χ1) is 12.2. The summed E-state index contributed by atoms with van der Waals surface area (Å²) in [6, 6.07) is 18.1. The Bertz CT molecular complexity index is 948. The van der Waals surface area contributed by atoms with Crippen LogP contribution in [-0.4, -0.2) is 10.9 Å². The molecule has 5 nitrogen and oxygen atoms in total. The lowest BCUT2D eigenvalue weighted by Crippen LogP contribution is -2.13. The highest BCUT2D eigenvalue weighted by Crippen LogP contribution is 2.19. The maximum absolute atomic E-state index is 13.6. The number of pyridine rings is 1. The van der Waals surface area contributed by atoms with Crippen molar-refractivity contribution in [2.45, 2.75) is 0 Å². The summed E-state index contributed by atoms with van der Waals surface area (Å²) in [6.07, 6.45) is 1.45. The molecule has 0 aliphatic carbocycles. The normalized spacial score (nSPS) is 9.92. The van der Waals surface area contributed by atoms with Gasteiger partial charge >= 0.3 is 0 Å². The molecule has 0 aliphatic rings. The minimum atomic E-state index is -0.396. The Morgan fingerprint density at radius 2 is 1.88 bits per heavy atom. The summed E-state index contributed by atoms with van der Waals surface area (Å²) in [5.41, 5.74) is 2.07. The number of carbonyl (C=O) groups excluding carboxylic acids is 1. The van der Waals surface area contributed by atoms with Crippen molar-refractivity contribution in [2.24, 2.45) is 0 Å². The maximum Gasteiger partial charge on any atom is 0.274 e. The van der Waals surface area contributed by atoms with Crippen molar-refractivity contribution < 1.29 is 9.18 Å². The molecule has 0 radical (unpaired) electrons. The van der Waals surface area contributed by atoms with Crippen LogP contribution in [0.1, 0.15) is 16.1 Å². The van der Waals surface area contributed by atoms with Crippen LogP contribution in [0.15, 0.2) is 66.9 Å². The van der Waals surface area contributed by atoms with Gasteiger partial charge in [0.1, 0.15) is 11.5 Å². The van der Waals surface area contributed by atoms with E-state index in [-0.39, 0.29) is 11.5 Å². The van der Waals surface area contributed by atoms with Crippen molar-refractivity contribution in [1.82, 2.24) is 4.98 Å². The number of benzene rings is 2. The lowest BCUT2D eigenvalue weighted by molar-refractivity contribution is 0.102. The highest BCUT2D eigenvalue weighted by atomic mass is 19.1. The molecule has 6 heteroatoms. The number of hydrogen-bond acceptors (Lipinski definition) is 4. The predicted molar refractivity (Wildman–Crippen MR) is 93.0 cm³/mol. The maximum atomic E-state index is 13.6. The average Bonchev–Trinajstić information content (AvgIpc) is 2.64. The minimum absolute atomic E-state index is 0.210. The first kappa shape index (κ1) is 16.1. The number of rotatable bonds is 4. The van der Waals surface area contributed by atoms with E-state index in [1.807, 2.05) is 6.07 Å². The van der Waals surface area contributed by atoms with Crippen LogP contribution < -0.4 is 10.6 Å². The van der Waals surface area contributed by atoms with Crippen LogP contribution in [0.5, 0.6) is 0 Å². The summed E-state index contributed by atoms with van der Waals surface area (Å²) in [7, 11) is 0. The second-order valence-corrected chi connectivity index (χ2v) is 5.18. The molecule has 2 aromatic carbocycles. The summed E-state index contributed by atoms with van der Waals surface area (Å²) < 4.78 is 13.6. The van der Waals surface area contributed by atoms with Crippen molar-refractivity contribution in [3.8, 4) is 6.07 Å². The van der Waals surface area contributed by atoms with Crippen molar-refractivity contribution in [1.29, 1.82) is 5.26 Å². The molecule has 0 unspecified atom stereocenters. The van der Waals surface area contributed by atoms with Crippen LogP contribution in [0.3, 0.4) is 0 Å². The van der Waals surface area contributed by atoms with Gasteiger partial charge in [-0.05, 0) is 42.5 Å². The van der Waals surface area contributed by atoms with E-state index in [2.05, 4.69) is 15.6 Å². The molecule has 0 spiro atoms. The van der Waals surface area contributed by atoms with Gasteiger partial charge in [0.15, 0.2) is 0 Å². The van der Waals surface area contributed by atoms with Gasteiger partial charge in [0.2, 0.25) is 0 Å². The molecule has 0 aliphatic heterocycles. The fraction of sp³-hybridized carbons (Fsp3) is 0. The number of anilines is 3. The molecular formula is C19H13FN4O. The zero-order valence-electron chi connectivity index (χ0n) is 13.0. The first-order valence-electron chi connectivity index (χ1n) is 7.45. The molecule has 1 aromatic heterocycles. The molecule has 0 saturated carbocycles. The van der Waals surface area contributed by atoms with Gasteiger partial charge in [-0.25, -0.2) is 9.37 Å². The molecular weight excluding hydrogens is 319 g/mol. The molecule has 1 amide bonds. The van der Waals surface area contributed by atoms with Gasteiger partial charge in [-0.3, -0.25) is 4.79 Å². The third-order valence-electron chi connectivity index (χ3n) is 3.40. The lowest BCUT2D eigenvalue weighted by atomic mass is 10.2. The third-order valence-corrected chi connectivity index (χ3v) is 3.40. The molecule has 3 aromatic rings. The number of carbonyl (C=O) groups is 1. The van der Waals surface area contributed by atoms with Crippen LogP contribution in [0.2, 0.25) is 0 Å².